The average Bonchev–Trinajstić information content (AvgIpc) is 3.20. The molecule has 1 amide bonds. The lowest BCUT2D eigenvalue weighted by Crippen LogP contribution is -2.28. The van der Waals surface area contributed by atoms with Gasteiger partial charge in [-0.05, 0) is 38.0 Å². The maximum Gasteiger partial charge on any atom is 0.277 e. The van der Waals surface area contributed by atoms with Gasteiger partial charge in [0.05, 0.1) is 5.02 Å². The first kappa shape index (κ1) is 16.9. The minimum Gasteiger partial charge on any atom is -0.361 e. The predicted molar refractivity (Wildman–Crippen MR) is 88.6 cm³/mol. The first-order chi connectivity index (χ1) is 11.4. The van der Waals surface area contributed by atoms with Crippen LogP contribution >= 0.6 is 11.6 Å². The van der Waals surface area contributed by atoms with Gasteiger partial charge in [0.2, 0.25) is 10.0 Å². The molecule has 3 rings (SSSR count). The van der Waals surface area contributed by atoms with E-state index in [0.29, 0.717) is 24.5 Å². The minimum absolute atomic E-state index is 0.0137. The van der Waals surface area contributed by atoms with Gasteiger partial charge in [-0.3, -0.25) is 4.79 Å². The fraction of sp³-hybridized carbons (Fsp3) is 0.333. The van der Waals surface area contributed by atoms with Crippen molar-refractivity contribution >= 4 is 33.2 Å². The average molecular weight is 370 g/mol. The summed E-state index contributed by atoms with van der Waals surface area (Å²) < 4.78 is 31.6. The van der Waals surface area contributed by atoms with E-state index in [1.807, 2.05) is 0 Å². The molecule has 1 aliphatic heterocycles. The number of hydrogen-bond donors (Lipinski definition) is 1. The van der Waals surface area contributed by atoms with Gasteiger partial charge in [0.25, 0.3) is 5.91 Å². The molecular weight excluding hydrogens is 354 g/mol. The summed E-state index contributed by atoms with van der Waals surface area (Å²) in [6.45, 7) is 2.63. The number of rotatable bonds is 4. The van der Waals surface area contributed by atoms with Crippen LogP contribution in [0.15, 0.2) is 33.7 Å². The molecule has 0 aliphatic carbocycles. The Morgan fingerprint density at radius 3 is 2.62 bits per heavy atom. The highest BCUT2D eigenvalue weighted by Gasteiger charge is 2.29. The highest BCUT2D eigenvalue weighted by molar-refractivity contribution is 7.89. The van der Waals surface area contributed by atoms with E-state index in [1.54, 1.807) is 6.92 Å². The highest BCUT2D eigenvalue weighted by atomic mass is 35.5. The van der Waals surface area contributed by atoms with Gasteiger partial charge < -0.3 is 9.84 Å². The van der Waals surface area contributed by atoms with E-state index >= 15 is 0 Å². The molecule has 128 valence electrons. The molecule has 1 N–H and O–H groups in total. The van der Waals surface area contributed by atoms with Crippen molar-refractivity contribution in [1.82, 2.24) is 9.46 Å². The van der Waals surface area contributed by atoms with E-state index in [-0.39, 0.29) is 15.6 Å². The van der Waals surface area contributed by atoms with E-state index in [1.165, 1.54) is 28.6 Å². The van der Waals surface area contributed by atoms with Crippen LogP contribution in [-0.4, -0.2) is 36.9 Å². The summed E-state index contributed by atoms with van der Waals surface area (Å²) in [5, 5.41) is 6.35. The third-order valence-corrected chi connectivity index (χ3v) is 6.11. The van der Waals surface area contributed by atoms with Crippen molar-refractivity contribution in [3.63, 3.8) is 0 Å². The van der Waals surface area contributed by atoms with Gasteiger partial charge in [-0.1, -0.05) is 16.8 Å². The van der Waals surface area contributed by atoms with E-state index in [4.69, 9.17) is 16.1 Å². The molecule has 7 nitrogen and oxygen atoms in total. The van der Waals surface area contributed by atoms with Crippen LogP contribution in [-0.2, 0) is 10.0 Å². The molecule has 0 bridgehead atoms. The Hall–Kier alpha value is -1.90. The SMILES string of the molecule is Cc1cc(C(=O)Nc2ccc(Cl)c(S(=O)(=O)N3CCCC3)c2)no1. The molecule has 1 fully saturated rings. The monoisotopic (exact) mass is 369 g/mol. The fourth-order valence-corrected chi connectivity index (χ4v) is 4.53. The molecule has 9 heteroatoms. The van der Waals surface area contributed by atoms with Gasteiger partial charge >= 0.3 is 0 Å². The van der Waals surface area contributed by atoms with Gasteiger partial charge in [-0.25, -0.2) is 8.42 Å². The number of hydrogen-bond acceptors (Lipinski definition) is 5. The van der Waals surface area contributed by atoms with Crippen molar-refractivity contribution < 1.29 is 17.7 Å². The molecule has 0 spiro atoms. The molecule has 0 radical (unpaired) electrons. The van der Waals surface area contributed by atoms with E-state index in [2.05, 4.69) is 10.5 Å². The van der Waals surface area contributed by atoms with Crippen molar-refractivity contribution in [2.45, 2.75) is 24.7 Å². The second-order valence-corrected chi connectivity index (χ2v) is 7.85. The van der Waals surface area contributed by atoms with Crippen molar-refractivity contribution in [3.05, 3.63) is 40.7 Å². The normalized spacial score (nSPS) is 15.6. The van der Waals surface area contributed by atoms with Gasteiger partial charge in [0.15, 0.2) is 5.69 Å². The van der Waals surface area contributed by atoms with Crippen LogP contribution in [0.2, 0.25) is 5.02 Å². The van der Waals surface area contributed by atoms with Crippen LogP contribution in [0.3, 0.4) is 0 Å². The zero-order valence-corrected chi connectivity index (χ0v) is 14.5. The molecule has 2 heterocycles. The molecule has 0 saturated carbocycles. The Bertz CT molecular complexity index is 873. The summed E-state index contributed by atoms with van der Waals surface area (Å²) in [6, 6.07) is 5.85. The van der Waals surface area contributed by atoms with Crippen molar-refractivity contribution in [2.24, 2.45) is 0 Å². The number of nitrogens with one attached hydrogen (secondary N) is 1. The second kappa shape index (κ2) is 6.54. The number of benzene rings is 1. The van der Waals surface area contributed by atoms with Gasteiger partial charge in [0.1, 0.15) is 10.7 Å². The number of amides is 1. The summed E-state index contributed by atoms with van der Waals surface area (Å²) in [5.74, 6) is 0.0206. The molecule has 0 unspecified atom stereocenters. The number of aromatic nitrogens is 1. The lowest BCUT2D eigenvalue weighted by atomic mass is 10.3. The number of aryl methyl sites for hydroxylation is 1. The standard InChI is InChI=1S/C15H16ClN3O4S/c1-10-8-13(18-23-10)15(20)17-11-4-5-12(16)14(9-11)24(21,22)19-6-2-3-7-19/h4-5,8-9H,2-3,6-7H2,1H3,(H,17,20). The molecule has 1 aromatic carbocycles. The van der Waals surface area contributed by atoms with Gasteiger partial charge in [0, 0.05) is 24.8 Å². The maximum absolute atomic E-state index is 12.7. The van der Waals surface area contributed by atoms with Crippen LogP contribution in [0.1, 0.15) is 29.1 Å². The number of carbonyl (C=O) groups excluding carboxylic acids is 1. The smallest absolute Gasteiger partial charge is 0.277 e. The number of carbonyl (C=O) groups is 1. The number of halogens is 1. The third-order valence-electron chi connectivity index (χ3n) is 3.73. The number of anilines is 1. The second-order valence-electron chi connectivity index (χ2n) is 5.53. The number of nitrogens with zero attached hydrogens (tertiary/aromatic N) is 2. The fourth-order valence-electron chi connectivity index (χ4n) is 2.51. The lowest BCUT2D eigenvalue weighted by molar-refractivity contribution is 0.101. The van der Waals surface area contributed by atoms with Crippen LogP contribution in [0.4, 0.5) is 5.69 Å². The van der Waals surface area contributed by atoms with Crippen LogP contribution in [0.5, 0.6) is 0 Å². The van der Waals surface area contributed by atoms with E-state index < -0.39 is 15.9 Å². The largest absolute Gasteiger partial charge is 0.361 e. The highest BCUT2D eigenvalue weighted by Crippen LogP contribution is 2.29. The maximum atomic E-state index is 12.7. The van der Waals surface area contributed by atoms with Crippen molar-refractivity contribution in [3.8, 4) is 0 Å². The molecule has 1 aliphatic rings. The topological polar surface area (TPSA) is 92.5 Å². The Morgan fingerprint density at radius 1 is 1.29 bits per heavy atom. The first-order valence-corrected chi connectivity index (χ1v) is 9.24. The molecular formula is C15H16ClN3O4S. The summed E-state index contributed by atoms with van der Waals surface area (Å²) in [6.07, 6.45) is 1.66. The lowest BCUT2D eigenvalue weighted by Gasteiger charge is -2.17. The van der Waals surface area contributed by atoms with Crippen molar-refractivity contribution in [1.29, 1.82) is 0 Å². The molecule has 1 saturated heterocycles. The molecule has 2 aromatic rings. The minimum atomic E-state index is -3.67. The molecule has 24 heavy (non-hydrogen) atoms. The molecule has 0 atom stereocenters. The summed E-state index contributed by atoms with van der Waals surface area (Å²) in [5.41, 5.74) is 0.439. The predicted octanol–water partition coefficient (Wildman–Crippen LogP) is 2.67. The summed E-state index contributed by atoms with van der Waals surface area (Å²) >= 11 is 6.07. The Labute approximate surface area is 144 Å². The van der Waals surface area contributed by atoms with E-state index in [0.717, 1.165) is 12.8 Å². The van der Waals surface area contributed by atoms with Crippen LogP contribution < -0.4 is 5.32 Å². The Morgan fingerprint density at radius 2 is 2.00 bits per heavy atom. The number of sulfonamides is 1. The summed E-state index contributed by atoms with van der Waals surface area (Å²) in [4.78, 5) is 12.1. The van der Waals surface area contributed by atoms with Crippen molar-refractivity contribution in [2.75, 3.05) is 18.4 Å². The van der Waals surface area contributed by atoms with E-state index in [9.17, 15) is 13.2 Å². The van der Waals surface area contributed by atoms with Crippen LogP contribution in [0, 0.1) is 6.92 Å². The zero-order valence-electron chi connectivity index (χ0n) is 13.0. The molecule has 1 aromatic heterocycles. The summed E-state index contributed by atoms with van der Waals surface area (Å²) in [7, 11) is -3.67. The zero-order chi connectivity index (χ0) is 17.3. The third kappa shape index (κ3) is 3.31. The quantitative estimate of drug-likeness (QED) is 0.894. The Balaban J connectivity index is 1.87. The Kier molecular flexibility index (Phi) is 4.62. The van der Waals surface area contributed by atoms with Gasteiger partial charge in [-0.2, -0.15) is 4.31 Å². The first-order valence-electron chi connectivity index (χ1n) is 7.42. The van der Waals surface area contributed by atoms with Crippen LogP contribution in [0.25, 0.3) is 0 Å². The van der Waals surface area contributed by atoms with Gasteiger partial charge in [-0.15, -0.1) is 0 Å².